The van der Waals surface area contributed by atoms with E-state index in [1.807, 2.05) is 11.8 Å². The summed E-state index contributed by atoms with van der Waals surface area (Å²) in [6.45, 7) is 6.61. The molecule has 2 rings (SSSR count). The number of hydrogen-bond acceptors (Lipinski definition) is 2. The highest BCUT2D eigenvalue weighted by Crippen LogP contribution is 2.22. The SMILES string of the molecule is CC[C@H](C)CSc1nc2ccc(C)cc2[nH]1. The van der Waals surface area contributed by atoms with E-state index >= 15 is 0 Å². The van der Waals surface area contributed by atoms with Gasteiger partial charge in [-0.15, -0.1) is 0 Å². The largest absolute Gasteiger partial charge is 0.333 e. The maximum Gasteiger partial charge on any atom is 0.166 e. The minimum absolute atomic E-state index is 0.750. The number of fused-ring (bicyclic) bond motifs is 1. The zero-order valence-corrected chi connectivity index (χ0v) is 10.9. The smallest absolute Gasteiger partial charge is 0.166 e. The van der Waals surface area contributed by atoms with Crippen molar-refractivity contribution in [2.24, 2.45) is 5.92 Å². The topological polar surface area (TPSA) is 28.7 Å². The molecule has 1 atom stereocenters. The van der Waals surface area contributed by atoms with Gasteiger partial charge >= 0.3 is 0 Å². The number of aryl methyl sites for hydroxylation is 1. The zero-order valence-electron chi connectivity index (χ0n) is 10.1. The highest BCUT2D eigenvalue weighted by Gasteiger charge is 2.05. The summed E-state index contributed by atoms with van der Waals surface area (Å²) in [7, 11) is 0. The molecule has 86 valence electrons. The average molecular weight is 234 g/mol. The predicted octanol–water partition coefficient (Wildman–Crippen LogP) is 4.01. The highest BCUT2D eigenvalue weighted by molar-refractivity contribution is 7.99. The Morgan fingerprint density at radius 2 is 2.25 bits per heavy atom. The summed E-state index contributed by atoms with van der Waals surface area (Å²) >= 11 is 1.82. The van der Waals surface area contributed by atoms with Crippen molar-refractivity contribution in [3.05, 3.63) is 23.8 Å². The first kappa shape index (κ1) is 11.5. The fraction of sp³-hybridized carbons (Fsp3) is 0.462. The van der Waals surface area contributed by atoms with Crippen LogP contribution in [0.4, 0.5) is 0 Å². The summed E-state index contributed by atoms with van der Waals surface area (Å²) in [4.78, 5) is 7.94. The lowest BCUT2D eigenvalue weighted by Gasteiger charge is -2.04. The Bertz CT molecular complexity index is 476. The number of imidazole rings is 1. The maximum absolute atomic E-state index is 4.57. The zero-order chi connectivity index (χ0) is 11.5. The Morgan fingerprint density at radius 1 is 1.44 bits per heavy atom. The minimum Gasteiger partial charge on any atom is -0.333 e. The molecule has 1 aromatic heterocycles. The van der Waals surface area contributed by atoms with Gasteiger partial charge in [0.25, 0.3) is 0 Å². The third kappa shape index (κ3) is 2.59. The molecule has 0 aliphatic rings. The molecular formula is C13H18N2S. The quantitative estimate of drug-likeness (QED) is 0.810. The second-order valence-corrected chi connectivity index (χ2v) is 5.40. The molecule has 2 aromatic rings. The van der Waals surface area contributed by atoms with Crippen LogP contribution in [0.1, 0.15) is 25.8 Å². The van der Waals surface area contributed by atoms with Gasteiger partial charge in [-0.05, 0) is 30.5 Å². The molecule has 16 heavy (non-hydrogen) atoms. The van der Waals surface area contributed by atoms with Crippen molar-refractivity contribution < 1.29 is 0 Å². The molecule has 2 nitrogen and oxygen atoms in total. The van der Waals surface area contributed by atoms with Crippen molar-refractivity contribution in [1.82, 2.24) is 9.97 Å². The molecule has 0 radical (unpaired) electrons. The third-order valence-electron chi connectivity index (χ3n) is 2.82. The van der Waals surface area contributed by atoms with E-state index in [0.29, 0.717) is 0 Å². The predicted molar refractivity (Wildman–Crippen MR) is 71.0 cm³/mol. The van der Waals surface area contributed by atoms with Gasteiger partial charge < -0.3 is 4.98 Å². The molecule has 1 N–H and O–H groups in total. The van der Waals surface area contributed by atoms with E-state index in [1.165, 1.54) is 12.0 Å². The van der Waals surface area contributed by atoms with Crippen LogP contribution in [0.3, 0.4) is 0 Å². The van der Waals surface area contributed by atoms with Crippen molar-refractivity contribution in [1.29, 1.82) is 0 Å². The second kappa shape index (κ2) is 4.91. The van der Waals surface area contributed by atoms with Crippen LogP contribution in [0.15, 0.2) is 23.4 Å². The first-order chi connectivity index (χ1) is 7.69. The average Bonchev–Trinajstić information content (AvgIpc) is 2.67. The van der Waals surface area contributed by atoms with Crippen LogP contribution < -0.4 is 0 Å². The summed E-state index contributed by atoms with van der Waals surface area (Å²) in [6.07, 6.45) is 1.23. The van der Waals surface area contributed by atoms with E-state index in [9.17, 15) is 0 Å². The van der Waals surface area contributed by atoms with Crippen LogP contribution >= 0.6 is 11.8 Å². The summed E-state index contributed by atoms with van der Waals surface area (Å²) in [6, 6.07) is 6.33. The van der Waals surface area contributed by atoms with Gasteiger partial charge in [0, 0.05) is 5.75 Å². The van der Waals surface area contributed by atoms with Gasteiger partial charge in [0.15, 0.2) is 5.16 Å². The number of rotatable bonds is 4. The van der Waals surface area contributed by atoms with Gasteiger partial charge in [0.05, 0.1) is 11.0 Å². The van der Waals surface area contributed by atoms with E-state index in [-0.39, 0.29) is 0 Å². The summed E-state index contributed by atoms with van der Waals surface area (Å²) in [5, 5.41) is 1.04. The van der Waals surface area contributed by atoms with E-state index < -0.39 is 0 Å². The van der Waals surface area contributed by atoms with Crippen LogP contribution in [0.25, 0.3) is 11.0 Å². The molecule has 0 amide bonds. The van der Waals surface area contributed by atoms with Gasteiger partial charge in [-0.3, -0.25) is 0 Å². The lowest BCUT2D eigenvalue weighted by Crippen LogP contribution is -1.95. The number of nitrogens with one attached hydrogen (secondary N) is 1. The Labute approximate surface area is 101 Å². The molecule has 1 heterocycles. The number of H-pyrrole nitrogens is 1. The molecule has 0 saturated carbocycles. The number of aromatic nitrogens is 2. The normalized spacial score (nSPS) is 13.2. The van der Waals surface area contributed by atoms with Gasteiger partial charge in [0.1, 0.15) is 0 Å². The molecule has 0 fully saturated rings. The fourth-order valence-corrected chi connectivity index (χ4v) is 2.53. The molecule has 0 saturated heterocycles. The maximum atomic E-state index is 4.57. The molecule has 0 aliphatic heterocycles. The molecule has 1 aromatic carbocycles. The lowest BCUT2D eigenvalue weighted by molar-refractivity contribution is 0.636. The summed E-state index contributed by atoms with van der Waals surface area (Å²) in [5.74, 6) is 1.88. The number of nitrogens with zero attached hydrogens (tertiary/aromatic N) is 1. The standard InChI is InChI=1S/C13H18N2S/c1-4-9(2)8-16-13-14-11-6-5-10(3)7-12(11)15-13/h5-7,9H,4,8H2,1-3H3,(H,14,15)/t9-/m0/s1. The van der Waals surface area contributed by atoms with Gasteiger partial charge in [-0.1, -0.05) is 38.1 Å². The van der Waals surface area contributed by atoms with Crippen LogP contribution in [-0.4, -0.2) is 15.7 Å². The Hall–Kier alpha value is -0.960. The first-order valence-electron chi connectivity index (χ1n) is 5.78. The fourth-order valence-electron chi connectivity index (χ4n) is 1.51. The van der Waals surface area contributed by atoms with Crippen molar-refractivity contribution in [2.75, 3.05) is 5.75 Å². The van der Waals surface area contributed by atoms with Crippen molar-refractivity contribution >= 4 is 22.8 Å². The molecule has 0 aliphatic carbocycles. The molecule has 0 unspecified atom stereocenters. The highest BCUT2D eigenvalue weighted by atomic mass is 32.2. The molecule has 3 heteroatoms. The van der Waals surface area contributed by atoms with Crippen LogP contribution in [-0.2, 0) is 0 Å². The second-order valence-electron chi connectivity index (χ2n) is 4.39. The Kier molecular flexibility index (Phi) is 3.54. The van der Waals surface area contributed by atoms with E-state index in [1.54, 1.807) is 0 Å². The van der Waals surface area contributed by atoms with E-state index in [4.69, 9.17) is 0 Å². The van der Waals surface area contributed by atoms with Crippen molar-refractivity contribution in [2.45, 2.75) is 32.3 Å². The van der Waals surface area contributed by atoms with Crippen molar-refractivity contribution in [3.63, 3.8) is 0 Å². The number of hydrogen-bond donors (Lipinski definition) is 1. The van der Waals surface area contributed by atoms with Crippen molar-refractivity contribution in [3.8, 4) is 0 Å². The first-order valence-corrected chi connectivity index (χ1v) is 6.76. The lowest BCUT2D eigenvalue weighted by atomic mass is 10.2. The van der Waals surface area contributed by atoms with E-state index in [0.717, 1.165) is 27.9 Å². The molecule has 0 spiro atoms. The third-order valence-corrected chi connectivity index (χ3v) is 4.02. The summed E-state index contributed by atoms with van der Waals surface area (Å²) in [5.41, 5.74) is 3.48. The van der Waals surface area contributed by atoms with Crippen LogP contribution in [0.2, 0.25) is 0 Å². The number of thioether (sulfide) groups is 1. The van der Waals surface area contributed by atoms with Gasteiger partial charge in [-0.2, -0.15) is 0 Å². The molecule has 0 bridgehead atoms. The summed E-state index contributed by atoms with van der Waals surface area (Å²) < 4.78 is 0. The van der Waals surface area contributed by atoms with Crippen LogP contribution in [0, 0.1) is 12.8 Å². The number of benzene rings is 1. The number of aromatic amines is 1. The van der Waals surface area contributed by atoms with Crippen LogP contribution in [0.5, 0.6) is 0 Å². The Balaban J connectivity index is 2.13. The Morgan fingerprint density at radius 3 is 3.00 bits per heavy atom. The minimum atomic E-state index is 0.750. The van der Waals surface area contributed by atoms with E-state index in [2.05, 4.69) is 48.9 Å². The monoisotopic (exact) mass is 234 g/mol. The van der Waals surface area contributed by atoms with Gasteiger partial charge in [-0.25, -0.2) is 4.98 Å². The van der Waals surface area contributed by atoms with Gasteiger partial charge in [0.2, 0.25) is 0 Å². The molecular weight excluding hydrogens is 216 g/mol.